The first-order valence-electron chi connectivity index (χ1n) is 10.7. The van der Waals surface area contributed by atoms with Crippen molar-refractivity contribution in [2.24, 2.45) is 0 Å². The lowest BCUT2D eigenvalue weighted by Crippen LogP contribution is -1.95. The second kappa shape index (κ2) is 6.06. The van der Waals surface area contributed by atoms with Crippen LogP contribution in [0, 0.1) is 13.8 Å². The maximum Gasteiger partial charge on any atom is 0.160 e. The number of furan rings is 1. The summed E-state index contributed by atoms with van der Waals surface area (Å²) in [7, 11) is 0. The van der Waals surface area contributed by atoms with Gasteiger partial charge in [0.05, 0.1) is 11.2 Å². The predicted molar refractivity (Wildman–Crippen MR) is 110 cm³/mol. The standard InChI is InChI=1S/C24H18N2O/c1-15-6-5-7-17(12-15)21-13-16(2)25-24(26-21)18-10-11-20-19-8-3-4-9-22(19)27-23(20)14-18/h3-14H,1-2H3/i5D,6D,7D,12D. The van der Waals surface area contributed by atoms with E-state index in [1.165, 1.54) is 0 Å². The Morgan fingerprint density at radius 2 is 1.70 bits per heavy atom. The molecule has 0 saturated heterocycles. The van der Waals surface area contributed by atoms with Crippen molar-refractivity contribution in [1.29, 1.82) is 0 Å². The summed E-state index contributed by atoms with van der Waals surface area (Å²) in [6, 6.07) is 14.9. The topological polar surface area (TPSA) is 38.9 Å². The summed E-state index contributed by atoms with van der Waals surface area (Å²) in [6.07, 6.45) is 0. The molecule has 0 aliphatic rings. The van der Waals surface area contributed by atoms with E-state index < -0.39 is 0 Å². The van der Waals surface area contributed by atoms with Crippen LogP contribution in [0.15, 0.2) is 77.1 Å². The first-order valence-corrected chi connectivity index (χ1v) is 8.70. The second-order valence-corrected chi connectivity index (χ2v) is 6.53. The van der Waals surface area contributed by atoms with Crippen molar-refractivity contribution < 1.29 is 9.90 Å². The van der Waals surface area contributed by atoms with Crippen molar-refractivity contribution in [2.45, 2.75) is 13.8 Å². The number of benzene rings is 3. The van der Waals surface area contributed by atoms with Gasteiger partial charge in [0.25, 0.3) is 0 Å². The highest BCUT2D eigenvalue weighted by atomic mass is 16.3. The Morgan fingerprint density at radius 3 is 2.63 bits per heavy atom. The molecule has 5 aromatic rings. The maximum atomic E-state index is 8.43. The summed E-state index contributed by atoms with van der Waals surface area (Å²) in [5.41, 5.74) is 3.99. The van der Waals surface area contributed by atoms with Crippen LogP contribution in [0.2, 0.25) is 0 Å². The Balaban J connectivity index is 1.71. The van der Waals surface area contributed by atoms with Gasteiger partial charge in [-0.05, 0) is 44.2 Å². The molecular weight excluding hydrogens is 332 g/mol. The minimum Gasteiger partial charge on any atom is -0.456 e. The number of hydrogen-bond acceptors (Lipinski definition) is 3. The molecule has 130 valence electrons. The van der Waals surface area contributed by atoms with Crippen LogP contribution in [0.5, 0.6) is 0 Å². The van der Waals surface area contributed by atoms with E-state index in [-0.39, 0.29) is 29.7 Å². The van der Waals surface area contributed by atoms with Gasteiger partial charge in [-0.15, -0.1) is 0 Å². The number of para-hydroxylation sites is 1. The molecule has 3 nitrogen and oxygen atoms in total. The Kier molecular flexibility index (Phi) is 2.70. The van der Waals surface area contributed by atoms with Gasteiger partial charge in [0, 0.05) is 27.6 Å². The van der Waals surface area contributed by atoms with Crippen molar-refractivity contribution in [3.63, 3.8) is 0 Å². The molecule has 0 unspecified atom stereocenters. The van der Waals surface area contributed by atoms with Crippen molar-refractivity contribution in [3.8, 4) is 22.6 Å². The van der Waals surface area contributed by atoms with E-state index in [4.69, 9.17) is 9.90 Å². The second-order valence-electron chi connectivity index (χ2n) is 6.53. The number of fused-ring (bicyclic) bond motifs is 3. The number of aryl methyl sites for hydroxylation is 1. The lowest BCUT2D eigenvalue weighted by atomic mass is 10.1. The van der Waals surface area contributed by atoms with Gasteiger partial charge >= 0.3 is 0 Å². The molecule has 0 atom stereocenters. The molecule has 0 amide bonds. The van der Waals surface area contributed by atoms with E-state index in [1.807, 2.05) is 49.4 Å². The molecule has 0 aliphatic heterocycles. The van der Waals surface area contributed by atoms with E-state index in [0.717, 1.165) is 27.5 Å². The highest BCUT2D eigenvalue weighted by Gasteiger charge is 2.11. The molecule has 0 spiro atoms. The third kappa shape index (κ3) is 2.77. The number of rotatable bonds is 2. The summed E-state index contributed by atoms with van der Waals surface area (Å²) in [5, 5.41) is 2.05. The average Bonchev–Trinajstić information content (AvgIpc) is 3.14. The highest BCUT2D eigenvalue weighted by Crippen LogP contribution is 2.31. The Hall–Kier alpha value is -3.46. The molecule has 2 aromatic heterocycles. The van der Waals surface area contributed by atoms with Crippen LogP contribution >= 0.6 is 0 Å². The van der Waals surface area contributed by atoms with Crippen LogP contribution in [-0.2, 0) is 0 Å². The van der Waals surface area contributed by atoms with E-state index in [9.17, 15) is 0 Å². The fourth-order valence-corrected chi connectivity index (χ4v) is 3.26. The summed E-state index contributed by atoms with van der Waals surface area (Å²) >= 11 is 0. The molecule has 0 N–H and O–H groups in total. The summed E-state index contributed by atoms with van der Waals surface area (Å²) < 4.78 is 38.8. The Bertz CT molecular complexity index is 1480. The van der Waals surface area contributed by atoms with Gasteiger partial charge < -0.3 is 4.42 Å². The smallest absolute Gasteiger partial charge is 0.160 e. The van der Waals surface area contributed by atoms with Gasteiger partial charge in [-0.1, -0.05) is 48.0 Å². The quantitative estimate of drug-likeness (QED) is 0.372. The van der Waals surface area contributed by atoms with E-state index in [1.54, 1.807) is 13.0 Å². The van der Waals surface area contributed by atoms with Gasteiger partial charge in [-0.25, -0.2) is 9.97 Å². The zero-order valence-electron chi connectivity index (χ0n) is 18.9. The predicted octanol–water partition coefficient (Wildman–Crippen LogP) is 6.33. The van der Waals surface area contributed by atoms with Gasteiger partial charge in [-0.3, -0.25) is 0 Å². The largest absolute Gasteiger partial charge is 0.456 e. The molecule has 2 heterocycles. The Labute approximate surface area is 162 Å². The molecule has 0 fully saturated rings. The van der Waals surface area contributed by atoms with E-state index in [2.05, 4.69) is 9.97 Å². The molecule has 0 saturated carbocycles. The molecule has 0 radical (unpaired) electrons. The average molecular weight is 354 g/mol. The number of aromatic nitrogens is 2. The summed E-state index contributed by atoms with van der Waals surface area (Å²) in [5.74, 6) is 0.454. The first kappa shape index (κ1) is 12.0. The fraction of sp³-hybridized carbons (Fsp3) is 0.0833. The molecule has 0 aliphatic carbocycles. The Morgan fingerprint density at radius 1 is 0.852 bits per heavy atom. The van der Waals surface area contributed by atoms with Crippen molar-refractivity contribution in [3.05, 3.63) is 84.0 Å². The lowest BCUT2D eigenvalue weighted by molar-refractivity contribution is 0.669. The zero-order valence-corrected chi connectivity index (χ0v) is 14.9. The van der Waals surface area contributed by atoms with Gasteiger partial charge in [0.1, 0.15) is 11.2 Å². The minimum atomic E-state index is -0.204. The summed E-state index contributed by atoms with van der Waals surface area (Å²) in [4.78, 5) is 9.18. The molecule has 3 heteroatoms. The maximum absolute atomic E-state index is 8.43. The molecule has 0 bridgehead atoms. The van der Waals surface area contributed by atoms with Crippen LogP contribution < -0.4 is 0 Å². The van der Waals surface area contributed by atoms with Crippen molar-refractivity contribution in [1.82, 2.24) is 9.97 Å². The van der Waals surface area contributed by atoms with Gasteiger partial charge in [0.15, 0.2) is 5.82 Å². The van der Waals surface area contributed by atoms with Crippen LogP contribution in [0.1, 0.15) is 16.7 Å². The van der Waals surface area contributed by atoms with Crippen molar-refractivity contribution in [2.75, 3.05) is 0 Å². The highest BCUT2D eigenvalue weighted by molar-refractivity contribution is 6.05. The molecule has 3 aromatic carbocycles. The fourth-order valence-electron chi connectivity index (χ4n) is 3.26. The molecule has 5 rings (SSSR count). The minimum absolute atomic E-state index is 0.0442. The van der Waals surface area contributed by atoms with Crippen LogP contribution in [0.25, 0.3) is 44.6 Å². The summed E-state index contributed by atoms with van der Waals surface area (Å²) in [6.45, 7) is 3.45. The van der Waals surface area contributed by atoms with Crippen LogP contribution in [-0.4, -0.2) is 9.97 Å². The number of hydrogen-bond donors (Lipinski definition) is 0. The lowest BCUT2D eigenvalue weighted by Gasteiger charge is -2.07. The van der Waals surface area contributed by atoms with Crippen LogP contribution in [0.4, 0.5) is 0 Å². The molecular formula is C24H18N2O. The molecule has 27 heavy (non-hydrogen) atoms. The van der Waals surface area contributed by atoms with E-state index >= 15 is 0 Å². The number of nitrogens with zero attached hydrogens (tertiary/aromatic N) is 2. The normalized spacial score (nSPS) is 13.4. The van der Waals surface area contributed by atoms with Crippen LogP contribution in [0.3, 0.4) is 0 Å². The van der Waals surface area contributed by atoms with Gasteiger partial charge in [0.2, 0.25) is 0 Å². The van der Waals surface area contributed by atoms with Crippen molar-refractivity contribution >= 4 is 21.9 Å². The SMILES string of the molecule is [2H]c1c([2H])c(C)c([2H])c(-c2cc(C)nc(-c3ccc4c(c3)oc3ccccc34)n2)c1[2H]. The van der Waals surface area contributed by atoms with Gasteiger partial charge in [-0.2, -0.15) is 0 Å². The first-order chi connectivity index (χ1) is 14.8. The zero-order chi connectivity index (χ0) is 21.9. The van der Waals surface area contributed by atoms with E-state index in [0.29, 0.717) is 22.8 Å². The third-order valence-electron chi connectivity index (χ3n) is 4.50. The monoisotopic (exact) mass is 354 g/mol. The third-order valence-corrected chi connectivity index (χ3v) is 4.50.